The van der Waals surface area contributed by atoms with E-state index in [-0.39, 0.29) is 44.4 Å². The molecule has 0 aliphatic carbocycles. The number of halogens is 3. The second-order valence-corrected chi connectivity index (χ2v) is 4.23. The Kier molecular flexibility index (Phi) is 3.74. The predicted octanol–water partition coefficient (Wildman–Crippen LogP) is 0.412. The molecule has 0 unspecified atom stereocenters. The summed E-state index contributed by atoms with van der Waals surface area (Å²) in [7, 11) is 0. The molecule has 0 bridgehead atoms. The van der Waals surface area contributed by atoms with E-state index in [2.05, 4.69) is 10.2 Å². The summed E-state index contributed by atoms with van der Waals surface area (Å²) in [5.41, 5.74) is 0. The number of aliphatic hydroxyl groups excluding tert-OH is 1. The first-order chi connectivity index (χ1) is 8.93. The van der Waals surface area contributed by atoms with Crippen LogP contribution in [0.1, 0.15) is 24.5 Å². The molecular formula is C10H13F3N4O2. The van der Waals surface area contributed by atoms with Crippen LogP contribution in [0.15, 0.2) is 0 Å². The molecule has 1 aromatic rings. The van der Waals surface area contributed by atoms with Crippen molar-refractivity contribution in [2.45, 2.75) is 32.1 Å². The van der Waals surface area contributed by atoms with Gasteiger partial charge in [0.25, 0.3) is 0 Å². The second kappa shape index (κ2) is 5.16. The highest BCUT2D eigenvalue weighted by Gasteiger charge is 2.39. The monoisotopic (exact) mass is 278 g/mol. The van der Waals surface area contributed by atoms with Crippen molar-refractivity contribution < 1.29 is 23.1 Å². The van der Waals surface area contributed by atoms with Gasteiger partial charge in [0, 0.05) is 26.1 Å². The van der Waals surface area contributed by atoms with Crippen LogP contribution < -0.4 is 0 Å². The Balaban J connectivity index is 2.09. The number of nitrogens with zero attached hydrogens (tertiary/aromatic N) is 4. The molecule has 19 heavy (non-hydrogen) atoms. The molecule has 0 atom stereocenters. The minimum Gasteiger partial charge on any atom is -0.396 e. The fourth-order valence-electron chi connectivity index (χ4n) is 1.97. The van der Waals surface area contributed by atoms with Crippen molar-refractivity contribution in [2.24, 2.45) is 0 Å². The summed E-state index contributed by atoms with van der Waals surface area (Å²) in [5.74, 6) is -1.09. The third-order valence-electron chi connectivity index (χ3n) is 2.91. The number of rotatable bonds is 3. The van der Waals surface area contributed by atoms with Crippen LogP contribution in [0.5, 0.6) is 0 Å². The molecule has 0 spiro atoms. The number of alkyl halides is 3. The molecule has 2 heterocycles. The van der Waals surface area contributed by atoms with Crippen molar-refractivity contribution in [1.82, 2.24) is 19.7 Å². The SMILES string of the molecule is O=C(CCCO)N1CCn2c(nnc2C(F)(F)F)C1. The Morgan fingerprint density at radius 1 is 1.32 bits per heavy atom. The molecule has 1 amide bonds. The number of hydrogen-bond donors (Lipinski definition) is 1. The lowest BCUT2D eigenvalue weighted by Gasteiger charge is -2.28. The Morgan fingerprint density at radius 3 is 2.68 bits per heavy atom. The van der Waals surface area contributed by atoms with E-state index in [0.29, 0.717) is 6.42 Å². The van der Waals surface area contributed by atoms with Gasteiger partial charge >= 0.3 is 6.18 Å². The van der Waals surface area contributed by atoms with E-state index in [4.69, 9.17) is 5.11 Å². The van der Waals surface area contributed by atoms with Gasteiger partial charge in [0.15, 0.2) is 5.82 Å². The van der Waals surface area contributed by atoms with Crippen LogP contribution >= 0.6 is 0 Å². The van der Waals surface area contributed by atoms with Crippen molar-refractivity contribution in [3.8, 4) is 0 Å². The predicted molar refractivity (Wildman–Crippen MR) is 56.8 cm³/mol. The standard InChI is InChI=1S/C10H13F3N4O2/c11-10(12,13)9-15-14-7-6-16(3-4-17(7)9)8(19)2-1-5-18/h18H,1-6H2. The summed E-state index contributed by atoms with van der Waals surface area (Å²) in [5, 5.41) is 15.3. The molecule has 0 fully saturated rings. The van der Waals surface area contributed by atoms with E-state index in [9.17, 15) is 18.0 Å². The van der Waals surface area contributed by atoms with Crippen LogP contribution in [0.25, 0.3) is 0 Å². The normalized spacial score (nSPS) is 15.5. The van der Waals surface area contributed by atoms with E-state index in [1.54, 1.807) is 0 Å². The zero-order valence-corrected chi connectivity index (χ0v) is 10.0. The van der Waals surface area contributed by atoms with Gasteiger partial charge in [-0.3, -0.25) is 4.79 Å². The topological polar surface area (TPSA) is 71.2 Å². The minimum absolute atomic E-state index is 0.0212. The molecule has 6 nitrogen and oxygen atoms in total. The Morgan fingerprint density at radius 2 is 2.05 bits per heavy atom. The first-order valence-corrected chi connectivity index (χ1v) is 5.81. The average molecular weight is 278 g/mol. The first-order valence-electron chi connectivity index (χ1n) is 5.81. The van der Waals surface area contributed by atoms with E-state index < -0.39 is 12.0 Å². The number of hydrogen-bond acceptors (Lipinski definition) is 4. The summed E-state index contributed by atoms with van der Waals surface area (Å²) in [6, 6.07) is 0. The first kappa shape index (κ1) is 13.8. The molecule has 1 N–H and O–H groups in total. The van der Waals surface area contributed by atoms with Gasteiger partial charge in [0.2, 0.25) is 11.7 Å². The fourth-order valence-corrected chi connectivity index (χ4v) is 1.97. The molecule has 9 heteroatoms. The van der Waals surface area contributed by atoms with Crippen LogP contribution in [-0.2, 0) is 24.1 Å². The minimum atomic E-state index is -4.53. The van der Waals surface area contributed by atoms with Crippen LogP contribution in [0.2, 0.25) is 0 Å². The second-order valence-electron chi connectivity index (χ2n) is 4.23. The highest BCUT2D eigenvalue weighted by atomic mass is 19.4. The molecule has 0 saturated carbocycles. The van der Waals surface area contributed by atoms with E-state index in [1.807, 2.05) is 0 Å². The number of amides is 1. The smallest absolute Gasteiger partial charge is 0.396 e. The van der Waals surface area contributed by atoms with Crippen LogP contribution in [-0.4, -0.2) is 43.8 Å². The van der Waals surface area contributed by atoms with Gasteiger partial charge in [-0.05, 0) is 6.42 Å². The molecule has 1 aromatic heterocycles. The fraction of sp³-hybridized carbons (Fsp3) is 0.700. The molecule has 0 aromatic carbocycles. The van der Waals surface area contributed by atoms with Gasteiger partial charge in [-0.25, -0.2) is 0 Å². The van der Waals surface area contributed by atoms with Gasteiger partial charge in [-0.15, -0.1) is 10.2 Å². The average Bonchev–Trinajstić information content (AvgIpc) is 2.78. The van der Waals surface area contributed by atoms with Gasteiger partial charge in [-0.2, -0.15) is 13.2 Å². The number of carbonyl (C=O) groups excluding carboxylic acids is 1. The molecule has 1 aliphatic heterocycles. The number of fused-ring (bicyclic) bond motifs is 1. The van der Waals surface area contributed by atoms with Gasteiger partial charge in [-0.1, -0.05) is 0 Å². The number of aromatic nitrogens is 3. The zero-order valence-electron chi connectivity index (χ0n) is 10.0. The quantitative estimate of drug-likeness (QED) is 0.869. The summed E-state index contributed by atoms with van der Waals surface area (Å²) in [6.07, 6.45) is -4.01. The third-order valence-corrected chi connectivity index (χ3v) is 2.91. The van der Waals surface area contributed by atoms with Crippen molar-refractivity contribution in [3.63, 3.8) is 0 Å². The molecule has 2 rings (SSSR count). The number of aliphatic hydroxyl groups is 1. The van der Waals surface area contributed by atoms with Crippen molar-refractivity contribution in [2.75, 3.05) is 13.2 Å². The lowest BCUT2D eigenvalue weighted by atomic mass is 10.2. The summed E-state index contributed by atoms with van der Waals surface area (Å²) in [4.78, 5) is 13.1. The Labute approximate surface area is 106 Å². The molecule has 0 radical (unpaired) electrons. The van der Waals surface area contributed by atoms with Gasteiger partial charge < -0.3 is 14.6 Å². The van der Waals surface area contributed by atoms with Gasteiger partial charge in [0.05, 0.1) is 6.54 Å². The van der Waals surface area contributed by atoms with Crippen molar-refractivity contribution >= 4 is 5.91 Å². The lowest BCUT2D eigenvalue weighted by Crippen LogP contribution is -2.39. The maximum absolute atomic E-state index is 12.6. The van der Waals surface area contributed by atoms with Crippen LogP contribution in [0.4, 0.5) is 13.2 Å². The molecular weight excluding hydrogens is 265 g/mol. The Hall–Kier alpha value is -1.64. The highest BCUT2D eigenvalue weighted by molar-refractivity contribution is 5.76. The number of carbonyl (C=O) groups is 1. The van der Waals surface area contributed by atoms with Crippen LogP contribution in [0, 0.1) is 0 Å². The lowest BCUT2D eigenvalue weighted by molar-refractivity contribution is -0.148. The highest BCUT2D eigenvalue weighted by Crippen LogP contribution is 2.29. The summed E-state index contributed by atoms with van der Waals surface area (Å²) >= 11 is 0. The zero-order chi connectivity index (χ0) is 14.0. The maximum Gasteiger partial charge on any atom is 0.451 e. The molecule has 0 saturated heterocycles. The van der Waals surface area contributed by atoms with E-state index in [0.717, 1.165) is 4.57 Å². The van der Waals surface area contributed by atoms with Crippen LogP contribution in [0.3, 0.4) is 0 Å². The van der Waals surface area contributed by atoms with Crippen molar-refractivity contribution in [1.29, 1.82) is 0 Å². The third kappa shape index (κ3) is 2.86. The van der Waals surface area contributed by atoms with Gasteiger partial charge in [0.1, 0.15) is 0 Å². The van der Waals surface area contributed by atoms with Crippen molar-refractivity contribution in [3.05, 3.63) is 11.6 Å². The molecule has 106 valence electrons. The van der Waals surface area contributed by atoms with E-state index in [1.165, 1.54) is 4.90 Å². The molecule has 1 aliphatic rings. The Bertz CT molecular complexity index is 472. The van der Waals surface area contributed by atoms with E-state index >= 15 is 0 Å². The largest absolute Gasteiger partial charge is 0.451 e. The summed E-state index contributed by atoms with van der Waals surface area (Å²) in [6.45, 7) is 0.155. The summed E-state index contributed by atoms with van der Waals surface area (Å²) < 4.78 is 38.8. The maximum atomic E-state index is 12.6.